The van der Waals surface area contributed by atoms with Crippen LogP contribution in [0.5, 0.6) is 0 Å². The zero-order valence-electron chi connectivity index (χ0n) is 4.31. The second-order valence-corrected chi connectivity index (χ2v) is 2.34. The van der Waals surface area contributed by atoms with Gasteiger partial charge >= 0.3 is 0 Å². The van der Waals surface area contributed by atoms with Gasteiger partial charge in [-0.15, -0.1) is 0 Å². The molecule has 2 aliphatic rings. The Kier molecular flexibility index (Phi) is 0.680. The molecule has 0 aromatic rings. The highest BCUT2D eigenvalue weighted by Gasteiger charge is 2.36. The van der Waals surface area contributed by atoms with Crippen LogP contribution in [0.4, 0.5) is 0 Å². The van der Waals surface area contributed by atoms with Gasteiger partial charge in [-0.25, -0.2) is 0 Å². The average molecular weight is 97.1 g/mol. The standard InChI is InChI=1S/C6H9O/c1-2-5(1)6-3-4-7-6/h5H,1-4H2. The number of ether oxygens (including phenoxy) is 1. The Balaban J connectivity index is 1.83. The normalized spacial score (nSPS) is 32.6. The van der Waals surface area contributed by atoms with Gasteiger partial charge in [0.15, 0.2) is 0 Å². The molecule has 1 heteroatoms. The van der Waals surface area contributed by atoms with Crippen molar-refractivity contribution in [2.45, 2.75) is 19.3 Å². The highest BCUT2D eigenvalue weighted by molar-refractivity contribution is 5.00. The minimum absolute atomic E-state index is 0.897. The molecule has 2 rings (SSSR count). The third-order valence-corrected chi connectivity index (χ3v) is 1.67. The van der Waals surface area contributed by atoms with Gasteiger partial charge in [-0.2, -0.15) is 0 Å². The molecule has 1 aliphatic heterocycles. The van der Waals surface area contributed by atoms with Crippen molar-refractivity contribution in [3.8, 4) is 0 Å². The predicted molar refractivity (Wildman–Crippen MR) is 26.5 cm³/mol. The molecular formula is C6H9O. The van der Waals surface area contributed by atoms with Crippen LogP contribution in [0, 0.1) is 12.0 Å². The Hall–Kier alpha value is -0.0400. The fourth-order valence-electron chi connectivity index (χ4n) is 0.947. The molecule has 0 aromatic heterocycles. The summed E-state index contributed by atoms with van der Waals surface area (Å²) in [5, 5.41) is 0. The Labute approximate surface area is 43.7 Å². The van der Waals surface area contributed by atoms with Crippen LogP contribution in [0.1, 0.15) is 19.3 Å². The summed E-state index contributed by atoms with van der Waals surface area (Å²) in [5.74, 6) is 0.897. The number of rotatable bonds is 1. The summed E-state index contributed by atoms with van der Waals surface area (Å²) < 4.78 is 5.17. The summed E-state index contributed by atoms with van der Waals surface area (Å²) in [4.78, 5) is 0. The van der Waals surface area contributed by atoms with Crippen LogP contribution in [0.2, 0.25) is 0 Å². The zero-order chi connectivity index (χ0) is 4.69. The smallest absolute Gasteiger partial charge is 0.102 e. The molecule has 0 bridgehead atoms. The van der Waals surface area contributed by atoms with E-state index in [0.29, 0.717) is 0 Å². The summed E-state index contributed by atoms with van der Waals surface area (Å²) >= 11 is 0. The Bertz CT molecular complexity index is 72.2. The molecule has 0 spiro atoms. The third kappa shape index (κ3) is 0.556. The van der Waals surface area contributed by atoms with Gasteiger partial charge in [-0.05, 0) is 18.8 Å². The van der Waals surface area contributed by atoms with Crippen LogP contribution in [0.3, 0.4) is 0 Å². The number of hydrogen-bond acceptors (Lipinski definition) is 1. The van der Waals surface area contributed by atoms with E-state index in [-0.39, 0.29) is 0 Å². The molecular weight excluding hydrogens is 88.1 g/mol. The molecule has 2 fully saturated rings. The number of hydrogen-bond donors (Lipinski definition) is 0. The molecule has 0 aromatic carbocycles. The molecule has 1 radical (unpaired) electrons. The topological polar surface area (TPSA) is 9.23 Å². The van der Waals surface area contributed by atoms with Crippen molar-refractivity contribution in [3.63, 3.8) is 0 Å². The van der Waals surface area contributed by atoms with Gasteiger partial charge in [0.1, 0.15) is 6.10 Å². The van der Waals surface area contributed by atoms with Crippen molar-refractivity contribution < 1.29 is 4.74 Å². The molecule has 0 unspecified atom stereocenters. The quantitative estimate of drug-likeness (QED) is 0.480. The predicted octanol–water partition coefficient (Wildman–Crippen LogP) is 1.35. The molecule has 1 saturated carbocycles. The van der Waals surface area contributed by atoms with E-state index in [1.807, 2.05) is 0 Å². The fourth-order valence-corrected chi connectivity index (χ4v) is 0.947. The van der Waals surface area contributed by atoms with Crippen LogP contribution in [0.25, 0.3) is 0 Å². The van der Waals surface area contributed by atoms with Gasteiger partial charge in [0, 0.05) is 6.42 Å². The van der Waals surface area contributed by atoms with Crippen molar-refractivity contribution in [2.24, 2.45) is 5.92 Å². The molecule has 1 aliphatic carbocycles. The molecule has 1 nitrogen and oxygen atoms in total. The maximum atomic E-state index is 5.17. The van der Waals surface area contributed by atoms with Crippen molar-refractivity contribution in [3.05, 3.63) is 6.10 Å². The summed E-state index contributed by atoms with van der Waals surface area (Å²) in [6.45, 7) is 0.992. The monoisotopic (exact) mass is 97.1 g/mol. The first-order valence-corrected chi connectivity index (χ1v) is 2.95. The Morgan fingerprint density at radius 1 is 1.43 bits per heavy atom. The lowest BCUT2D eigenvalue weighted by Crippen LogP contribution is -2.19. The molecule has 7 heavy (non-hydrogen) atoms. The second-order valence-electron chi connectivity index (χ2n) is 2.34. The largest absolute Gasteiger partial charge is 0.371 e. The molecule has 0 N–H and O–H groups in total. The SMILES string of the molecule is C1C[C](C2CC2)O1. The molecule has 1 saturated heterocycles. The summed E-state index contributed by atoms with van der Waals surface area (Å²) in [6, 6.07) is 0. The zero-order valence-corrected chi connectivity index (χ0v) is 4.31. The fraction of sp³-hybridized carbons (Fsp3) is 0.833. The summed E-state index contributed by atoms with van der Waals surface area (Å²) in [5.41, 5.74) is 0. The van der Waals surface area contributed by atoms with Crippen molar-refractivity contribution in [1.29, 1.82) is 0 Å². The Morgan fingerprint density at radius 3 is 2.29 bits per heavy atom. The van der Waals surface area contributed by atoms with E-state index < -0.39 is 0 Å². The van der Waals surface area contributed by atoms with E-state index in [1.54, 1.807) is 0 Å². The minimum Gasteiger partial charge on any atom is -0.371 e. The van der Waals surface area contributed by atoms with E-state index in [4.69, 9.17) is 4.74 Å². The van der Waals surface area contributed by atoms with E-state index in [1.165, 1.54) is 25.4 Å². The van der Waals surface area contributed by atoms with Crippen LogP contribution in [-0.4, -0.2) is 6.61 Å². The lowest BCUT2D eigenvalue weighted by atomic mass is 10.1. The lowest BCUT2D eigenvalue weighted by molar-refractivity contribution is 0.0278. The summed E-state index contributed by atoms with van der Waals surface area (Å²) in [6.07, 6.45) is 5.44. The third-order valence-electron chi connectivity index (χ3n) is 1.67. The van der Waals surface area contributed by atoms with E-state index in [0.717, 1.165) is 12.5 Å². The van der Waals surface area contributed by atoms with Gasteiger partial charge in [0.2, 0.25) is 0 Å². The maximum Gasteiger partial charge on any atom is 0.102 e. The first-order valence-electron chi connectivity index (χ1n) is 2.95. The van der Waals surface area contributed by atoms with Gasteiger partial charge in [0.05, 0.1) is 6.61 Å². The summed E-state index contributed by atoms with van der Waals surface area (Å²) in [7, 11) is 0. The van der Waals surface area contributed by atoms with Crippen molar-refractivity contribution >= 4 is 0 Å². The van der Waals surface area contributed by atoms with Gasteiger partial charge in [-0.1, -0.05) is 0 Å². The lowest BCUT2D eigenvalue weighted by Gasteiger charge is -2.24. The van der Waals surface area contributed by atoms with Gasteiger partial charge in [-0.3, -0.25) is 0 Å². The first-order chi connectivity index (χ1) is 3.47. The van der Waals surface area contributed by atoms with Crippen LogP contribution in [0.15, 0.2) is 0 Å². The molecule has 0 atom stereocenters. The molecule has 0 amide bonds. The van der Waals surface area contributed by atoms with Gasteiger partial charge in [0.25, 0.3) is 0 Å². The maximum absolute atomic E-state index is 5.17. The van der Waals surface area contributed by atoms with Crippen molar-refractivity contribution in [2.75, 3.05) is 6.61 Å². The minimum atomic E-state index is 0.897. The van der Waals surface area contributed by atoms with Gasteiger partial charge < -0.3 is 4.74 Å². The van der Waals surface area contributed by atoms with Crippen LogP contribution in [-0.2, 0) is 4.74 Å². The molecule has 1 heterocycles. The van der Waals surface area contributed by atoms with E-state index >= 15 is 0 Å². The van der Waals surface area contributed by atoms with E-state index in [2.05, 4.69) is 0 Å². The van der Waals surface area contributed by atoms with E-state index in [9.17, 15) is 0 Å². The highest BCUT2D eigenvalue weighted by atomic mass is 16.5. The average Bonchev–Trinajstić information content (AvgIpc) is 2.10. The van der Waals surface area contributed by atoms with Crippen molar-refractivity contribution in [1.82, 2.24) is 0 Å². The van der Waals surface area contributed by atoms with Crippen LogP contribution < -0.4 is 0 Å². The first kappa shape index (κ1) is 3.90. The second kappa shape index (κ2) is 1.22. The molecule has 39 valence electrons. The van der Waals surface area contributed by atoms with Crippen LogP contribution >= 0.6 is 0 Å². The highest BCUT2D eigenvalue weighted by Crippen LogP contribution is 2.44. The Morgan fingerprint density at radius 2 is 2.14 bits per heavy atom.